The molecule has 0 amide bonds. The zero-order valence-electron chi connectivity index (χ0n) is 11.3. The van der Waals surface area contributed by atoms with E-state index >= 15 is 0 Å². The maximum atomic E-state index is 10.4. The van der Waals surface area contributed by atoms with Gasteiger partial charge in [0.1, 0.15) is 11.6 Å². The number of carbonyl (C=O) groups is 2. The van der Waals surface area contributed by atoms with Crippen LogP contribution in [0.25, 0.3) is 0 Å². The molecule has 0 saturated heterocycles. The fourth-order valence-corrected chi connectivity index (χ4v) is 0.839. The van der Waals surface area contributed by atoms with Crippen molar-refractivity contribution in [1.29, 1.82) is 0 Å². The number of aliphatic carboxylic acids is 1. The van der Waals surface area contributed by atoms with E-state index in [-0.39, 0.29) is 11.7 Å². The van der Waals surface area contributed by atoms with E-state index in [2.05, 4.69) is 10.1 Å². The highest BCUT2D eigenvalue weighted by Crippen LogP contribution is 2.02. The number of methoxy groups -OCH3 is 1. The van der Waals surface area contributed by atoms with E-state index in [0.717, 1.165) is 0 Å². The molecule has 0 rings (SSSR count). The van der Waals surface area contributed by atoms with Gasteiger partial charge < -0.3 is 19.9 Å². The molecule has 0 heterocycles. The van der Waals surface area contributed by atoms with E-state index in [1.165, 1.54) is 7.11 Å². The number of likely N-dealkylation sites (N-methyl/N-ethyl adjacent to an activating group) is 1. The Bertz CT molecular complexity index is 224. The number of carbonyl (C=O) groups excluding carboxylic acids is 1. The predicted molar refractivity (Wildman–Crippen MR) is 63.9 cm³/mol. The third kappa shape index (κ3) is 11.1. The Morgan fingerprint density at radius 3 is 1.94 bits per heavy atom. The maximum Gasteiger partial charge on any atom is 0.323 e. The summed E-state index contributed by atoms with van der Waals surface area (Å²) in [7, 11) is 3.08. The van der Waals surface area contributed by atoms with Crippen LogP contribution < -0.4 is 5.32 Å². The third-order valence-corrected chi connectivity index (χ3v) is 1.82. The molecular formula is C11H23NO5. The van der Waals surface area contributed by atoms with Crippen LogP contribution >= 0.6 is 0 Å². The minimum absolute atomic E-state index is 0.303. The molecule has 0 saturated carbocycles. The van der Waals surface area contributed by atoms with Crippen molar-refractivity contribution in [2.45, 2.75) is 45.4 Å². The highest BCUT2D eigenvalue weighted by molar-refractivity contribution is 5.74. The Hall–Kier alpha value is -1.14. The predicted octanol–water partition coefficient (Wildman–Crippen LogP) is 0.652. The minimum Gasteiger partial charge on any atom is -0.480 e. The lowest BCUT2D eigenvalue weighted by Crippen LogP contribution is -2.43. The smallest absolute Gasteiger partial charge is 0.323 e. The summed E-state index contributed by atoms with van der Waals surface area (Å²) in [6.45, 7) is 7.62. The number of carboxylic acid groups (broad SMARTS) is 1. The number of carboxylic acids is 1. The molecule has 2 unspecified atom stereocenters. The van der Waals surface area contributed by atoms with Gasteiger partial charge in [0.25, 0.3) is 6.47 Å². The quantitative estimate of drug-likeness (QED) is 0.696. The number of hydrogen-bond acceptors (Lipinski definition) is 5. The van der Waals surface area contributed by atoms with Crippen LogP contribution in [0.3, 0.4) is 0 Å². The van der Waals surface area contributed by atoms with Crippen LogP contribution in [0.1, 0.15) is 27.7 Å². The molecule has 0 aromatic carbocycles. The van der Waals surface area contributed by atoms with E-state index in [0.29, 0.717) is 6.47 Å². The molecule has 102 valence electrons. The first kappa shape index (κ1) is 18.2. The standard InChI is InChI=1S/C6H13NO3.C5H10O2/c1-4(10-3)5(7-2)6(8)9;1-5(2,3)7-4-6/h4-5,7H,1-3H3,(H,8,9);4H,1-3H3. The lowest BCUT2D eigenvalue weighted by atomic mass is 10.2. The van der Waals surface area contributed by atoms with Gasteiger partial charge in [-0.05, 0) is 34.7 Å². The van der Waals surface area contributed by atoms with Crippen molar-refractivity contribution in [2.24, 2.45) is 0 Å². The number of ether oxygens (including phenoxy) is 2. The van der Waals surface area contributed by atoms with E-state index < -0.39 is 12.0 Å². The van der Waals surface area contributed by atoms with Crippen LogP contribution in [-0.2, 0) is 19.1 Å². The molecule has 0 aromatic rings. The Labute approximate surface area is 102 Å². The summed E-state index contributed by atoms with van der Waals surface area (Å²) >= 11 is 0. The SMILES string of the molecule is CC(C)(C)OC=O.CNC(C(=O)O)C(C)OC. The van der Waals surface area contributed by atoms with Gasteiger partial charge in [-0.3, -0.25) is 9.59 Å². The van der Waals surface area contributed by atoms with Gasteiger partial charge in [-0.2, -0.15) is 0 Å². The van der Waals surface area contributed by atoms with Crippen LogP contribution in [0.4, 0.5) is 0 Å². The molecule has 0 bridgehead atoms. The average molecular weight is 249 g/mol. The van der Waals surface area contributed by atoms with Crippen molar-refractivity contribution in [3.63, 3.8) is 0 Å². The Kier molecular flexibility index (Phi) is 9.60. The summed E-state index contributed by atoms with van der Waals surface area (Å²) in [6.07, 6.45) is -0.303. The van der Waals surface area contributed by atoms with Crippen LogP contribution in [0.5, 0.6) is 0 Å². The molecule has 2 N–H and O–H groups in total. The van der Waals surface area contributed by atoms with Gasteiger partial charge in [0.05, 0.1) is 6.10 Å². The van der Waals surface area contributed by atoms with Crippen molar-refractivity contribution in [3.05, 3.63) is 0 Å². The Morgan fingerprint density at radius 1 is 1.41 bits per heavy atom. The third-order valence-electron chi connectivity index (χ3n) is 1.82. The van der Waals surface area contributed by atoms with Crippen LogP contribution in [0.15, 0.2) is 0 Å². The van der Waals surface area contributed by atoms with Gasteiger partial charge in [0.2, 0.25) is 0 Å². The van der Waals surface area contributed by atoms with E-state index in [9.17, 15) is 9.59 Å². The summed E-state index contributed by atoms with van der Waals surface area (Å²) in [5, 5.41) is 11.2. The van der Waals surface area contributed by atoms with Gasteiger partial charge in [-0.1, -0.05) is 0 Å². The largest absolute Gasteiger partial charge is 0.480 e. The summed E-state index contributed by atoms with van der Waals surface area (Å²) in [5.74, 6) is -0.892. The lowest BCUT2D eigenvalue weighted by Gasteiger charge is -2.17. The molecule has 0 aliphatic carbocycles. The van der Waals surface area contributed by atoms with Gasteiger partial charge in [-0.15, -0.1) is 0 Å². The molecule has 0 aromatic heterocycles. The highest BCUT2D eigenvalue weighted by Gasteiger charge is 2.21. The second-order valence-corrected chi connectivity index (χ2v) is 4.37. The summed E-state index contributed by atoms with van der Waals surface area (Å²) in [4.78, 5) is 20.0. The van der Waals surface area contributed by atoms with E-state index in [1.807, 2.05) is 20.8 Å². The maximum absolute atomic E-state index is 10.4. The normalized spacial score (nSPS) is 14.0. The molecule has 2 atom stereocenters. The van der Waals surface area contributed by atoms with E-state index in [4.69, 9.17) is 9.84 Å². The molecule has 0 aliphatic rings. The molecule has 0 radical (unpaired) electrons. The molecule has 17 heavy (non-hydrogen) atoms. The molecular weight excluding hydrogens is 226 g/mol. The first-order valence-corrected chi connectivity index (χ1v) is 5.24. The fraction of sp³-hybridized carbons (Fsp3) is 0.818. The molecule has 0 fully saturated rings. The number of nitrogens with one attached hydrogen (secondary N) is 1. The molecule has 6 heteroatoms. The van der Waals surface area contributed by atoms with Gasteiger partial charge in [0, 0.05) is 7.11 Å². The zero-order chi connectivity index (χ0) is 14.1. The van der Waals surface area contributed by atoms with Crippen molar-refractivity contribution in [1.82, 2.24) is 5.32 Å². The molecule has 0 spiro atoms. The van der Waals surface area contributed by atoms with Crippen molar-refractivity contribution in [2.75, 3.05) is 14.2 Å². The van der Waals surface area contributed by atoms with E-state index in [1.54, 1.807) is 14.0 Å². The first-order chi connectivity index (χ1) is 7.69. The second kappa shape index (κ2) is 8.95. The van der Waals surface area contributed by atoms with Crippen LogP contribution in [0, 0.1) is 0 Å². The Morgan fingerprint density at radius 2 is 1.88 bits per heavy atom. The topological polar surface area (TPSA) is 84.9 Å². The van der Waals surface area contributed by atoms with Gasteiger partial charge in [-0.25, -0.2) is 0 Å². The van der Waals surface area contributed by atoms with Crippen molar-refractivity contribution < 1.29 is 24.2 Å². The van der Waals surface area contributed by atoms with Gasteiger partial charge in [0.15, 0.2) is 0 Å². The fourth-order valence-electron chi connectivity index (χ4n) is 0.839. The number of rotatable bonds is 5. The summed E-state index contributed by atoms with van der Waals surface area (Å²) in [5.41, 5.74) is -0.318. The van der Waals surface area contributed by atoms with Gasteiger partial charge >= 0.3 is 5.97 Å². The zero-order valence-corrected chi connectivity index (χ0v) is 11.3. The summed E-state index contributed by atoms with van der Waals surface area (Å²) < 4.78 is 9.37. The van der Waals surface area contributed by atoms with Crippen LogP contribution in [0.2, 0.25) is 0 Å². The summed E-state index contributed by atoms with van der Waals surface area (Å²) in [6, 6.07) is -0.620. The Balaban J connectivity index is 0. The average Bonchev–Trinajstić information content (AvgIpc) is 2.17. The molecule has 0 aliphatic heterocycles. The first-order valence-electron chi connectivity index (χ1n) is 5.24. The molecule has 6 nitrogen and oxygen atoms in total. The van der Waals surface area contributed by atoms with Crippen LogP contribution in [-0.4, -0.2) is 49.5 Å². The minimum atomic E-state index is -0.892. The van der Waals surface area contributed by atoms with Crippen molar-refractivity contribution >= 4 is 12.4 Å². The second-order valence-electron chi connectivity index (χ2n) is 4.37. The number of hydrogen-bond donors (Lipinski definition) is 2. The monoisotopic (exact) mass is 249 g/mol. The van der Waals surface area contributed by atoms with Crippen molar-refractivity contribution in [3.8, 4) is 0 Å². The lowest BCUT2D eigenvalue weighted by molar-refractivity contribution is -0.142. The highest BCUT2D eigenvalue weighted by atomic mass is 16.5.